The lowest BCUT2D eigenvalue weighted by atomic mass is 10.2. The van der Waals surface area contributed by atoms with Gasteiger partial charge in [-0.3, -0.25) is 5.32 Å². The number of amides is 2. The van der Waals surface area contributed by atoms with Gasteiger partial charge >= 0.3 is 6.03 Å². The maximum atomic E-state index is 12.2. The van der Waals surface area contributed by atoms with Crippen LogP contribution >= 0.6 is 0 Å². The molecule has 0 saturated heterocycles. The summed E-state index contributed by atoms with van der Waals surface area (Å²) in [6.07, 6.45) is 1.71. The molecular weight excluding hydrogens is 368 g/mol. The highest BCUT2D eigenvalue weighted by Crippen LogP contribution is 2.26. The number of nitrogens with zero attached hydrogens (tertiary/aromatic N) is 2. The van der Waals surface area contributed by atoms with Gasteiger partial charge in [-0.05, 0) is 53.0 Å². The van der Waals surface area contributed by atoms with Crippen molar-refractivity contribution in [3.05, 3.63) is 90.0 Å². The van der Waals surface area contributed by atoms with E-state index in [1.54, 1.807) is 54.7 Å². The standard InChI is InChI=1S/C22H16N4O3/c27-22(25-21-12-15-4-1-2-5-16(15)14-23-21)24-17-8-10-19(11-9-17)29-20-7-3-6-18(13-20)26-28/h1-14H,(H2,23,24,25,27). The molecule has 0 saturated carbocycles. The van der Waals surface area contributed by atoms with Gasteiger partial charge in [0.05, 0.1) is 0 Å². The largest absolute Gasteiger partial charge is 0.457 e. The summed E-state index contributed by atoms with van der Waals surface area (Å²) in [6.45, 7) is 0. The Morgan fingerprint density at radius 3 is 2.41 bits per heavy atom. The summed E-state index contributed by atoms with van der Waals surface area (Å²) in [7, 11) is 0. The van der Waals surface area contributed by atoms with E-state index >= 15 is 0 Å². The topological polar surface area (TPSA) is 92.7 Å². The van der Waals surface area contributed by atoms with Gasteiger partial charge in [-0.2, -0.15) is 0 Å². The Hall–Kier alpha value is -4.26. The third-order valence-electron chi connectivity index (χ3n) is 4.14. The van der Waals surface area contributed by atoms with E-state index < -0.39 is 6.03 Å². The van der Waals surface area contributed by atoms with Crippen molar-refractivity contribution in [1.82, 2.24) is 4.98 Å². The lowest BCUT2D eigenvalue weighted by Crippen LogP contribution is -2.19. The zero-order valence-electron chi connectivity index (χ0n) is 15.2. The number of carbonyl (C=O) groups is 1. The van der Waals surface area contributed by atoms with Gasteiger partial charge < -0.3 is 10.1 Å². The van der Waals surface area contributed by atoms with Crippen molar-refractivity contribution in [2.75, 3.05) is 10.6 Å². The predicted molar refractivity (Wildman–Crippen MR) is 113 cm³/mol. The Morgan fingerprint density at radius 1 is 0.828 bits per heavy atom. The Bertz CT molecular complexity index is 1180. The van der Waals surface area contributed by atoms with Crippen LogP contribution in [-0.2, 0) is 0 Å². The number of aromatic nitrogens is 1. The second-order valence-corrected chi connectivity index (χ2v) is 6.21. The van der Waals surface area contributed by atoms with Gasteiger partial charge in [0.25, 0.3) is 0 Å². The molecule has 1 heterocycles. The number of rotatable bonds is 5. The van der Waals surface area contributed by atoms with Crippen molar-refractivity contribution in [3.8, 4) is 11.5 Å². The minimum absolute atomic E-state index is 0.291. The minimum Gasteiger partial charge on any atom is -0.457 e. The number of hydrogen-bond donors (Lipinski definition) is 2. The zero-order valence-corrected chi connectivity index (χ0v) is 15.2. The molecule has 0 aliphatic rings. The van der Waals surface area contributed by atoms with Crippen molar-refractivity contribution in [3.63, 3.8) is 0 Å². The van der Waals surface area contributed by atoms with Crippen LogP contribution in [0.15, 0.2) is 90.2 Å². The summed E-state index contributed by atoms with van der Waals surface area (Å²) >= 11 is 0. The minimum atomic E-state index is -0.397. The zero-order chi connectivity index (χ0) is 20.1. The van der Waals surface area contributed by atoms with Crippen molar-refractivity contribution in [2.24, 2.45) is 5.18 Å². The number of nitrogens with one attached hydrogen (secondary N) is 2. The van der Waals surface area contributed by atoms with E-state index in [1.165, 1.54) is 0 Å². The van der Waals surface area contributed by atoms with Gasteiger partial charge in [-0.1, -0.05) is 30.3 Å². The van der Waals surface area contributed by atoms with Gasteiger partial charge in [-0.25, -0.2) is 9.78 Å². The molecule has 0 spiro atoms. The molecule has 0 atom stereocenters. The molecular formula is C22H16N4O3. The third kappa shape index (κ3) is 4.54. The second-order valence-electron chi connectivity index (χ2n) is 6.21. The van der Waals surface area contributed by atoms with Crippen molar-refractivity contribution in [1.29, 1.82) is 0 Å². The monoisotopic (exact) mass is 384 g/mol. The molecule has 4 rings (SSSR count). The smallest absolute Gasteiger partial charge is 0.324 e. The van der Waals surface area contributed by atoms with Crippen LogP contribution in [0.4, 0.5) is 22.0 Å². The maximum Gasteiger partial charge on any atom is 0.324 e. The van der Waals surface area contributed by atoms with Crippen molar-refractivity contribution >= 4 is 34.0 Å². The molecule has 7 nitrogen and oxygen atoms in total. The number of ether oxygens (including phenoxy) is 1. The number of anilines is 2. The first-order valence-electron chi connectivity index (χ1n) is 8.84. The number of carbonyl (C=O) groups excluding carboxylic acids is 1. The van der Waals surface area contributed by atoms with Crippen LogP contribution in [0.2, 0.25) is 0 Å². The normalized spacial score (nSPS) is 10.3. The molecule has 7 heteroatoms. The van der Waals surface area contributed by atoms with Gasteiger partial charge in [0.15, 0.2) is 0 Å². The molecule has 2 N–H and O–H groups in total. The first-order valence-corrected chi connectivity index (χ1v) is 8.84. The number of fused-ring (bicyclic) bond motifs is 1. The Labute approximate surface area is 166 Å². The highest BCUT2D eigenvalue weighted by atomic mass is 16.5. The summed E-state index contributed by atoms with van der Waals surface area (Å²) in [5.41, 5.74) is 0.888. The van der Waals surface area contributed by atoms with Crippen LogP contribution < -0.4 is 15.4 Å². The van der Waals surface area contributed by atoms with Gasteiger partial charge in [0.1, 0.15) is 23.0 Å². The first kappa shape index (κ1) is 18.1. The van der Waals surface area contributed by atoms with Crippen LogP contribution in [0.25, 0.3) is 10.8 Å². The average Bonchev–Trinajstić information content (AvgIpc) is 2.75. The SMILES string of the molecule is O=Nc1cccc(Oc2ccc(NC(=O)Nc3cc4ccccc4cn3)cc2)c1. The van der Waals surface area contributed by atoms with Crippen LogP contribution in [0.5, 0.6) is 11.5 Å². The van der Waals surface area contributed by atoms with Crippen molar-refractivity contribution in [2.45, 2.75) is 0 Å². The molecule has 0 aliphatic heterocycles. The van der Waals surface area contributed by atoms with E-state index in [-0.39, 0.29) is 0 Å². The van der Waals surface area contributed by atoms with E-state index in [1.807, 2.05) is 30.3 Å². The summed E-state index contributed by atoms with van der Waals surface area (Å²) in [5.74, 6) is 1.53. The predicted octanol–water partition coefficient (Wildman–Crippen LogP) is 6.07. The molecule has 0 fully saturated rings. The quantitative estimate of drug-likeness (QED) is 0.409. The van der Waals surface area contributed by atoms with Crippen LogP contribution in [0.3, 0.4) is 0 Å². The Balaban J connectivity index is 1.38. The second kappa shape index (κ2) is 8.18. The average molecular weight is 384 g/mol. The Morgan fingerprint density at radius 2 is 1.62 bits per heavy atom. The molecule has 0 radical (unpaired) electrons. The van der Waals surface area contributed by atoms with E-state index in [0.717, 1.165) is 10.8 Å². The van der Waals surface area contributed by atoms with Gasteiger partial charge in [0.2, 0.25) is 0 Å². The van der Waals surface area contributed by atoms with Gasteiger partial charge in [-0.15, -0.1) is 4.91 Å². The summed E-state index contributed by atoms with van der Waals surface area (Å²) < 4.78 is 5.68. The molecule has 2 amide bonds. The molecule has 3 aromatic carbocycles. The molecule has 0 aliphatic carbocycles. The molecule has 29 heavy (non-hydrogen) atoms. The van der Waals surface area contributed by atoms with E-state index in [0.29, 0.717) is 28.7 Å². The lowest BCUT2D eigenvalue weighted by Gasteiger charge is -2.09. The highest BCUT2D eigenvalue weighted by Gasteiger charge is 2.06. The molecule has 1 aromatic heterocycles. The fraction of sp³-hybridized carbons (Fsp3) is 0. The fourth-order valence-corrected chi connectivity index (χ4v) is 2.78. The molecule has 4 aromatic rings. The van der Waals surface area contributed by atoms with Crippen LogP contribution in [0, 0.1) is 4.91 Å². The highest BCUT2D eigenvalue weighted by molar-refractivity contribution is 6.00. The number of benzene rings is 3. The fourth-order valence-electron chi connectivity index (χ4n) is 2.78. The third-order valence-corrected chi connectivity index (χ3v) is 4.14. The number of pyridine rings is 1. The van der Waals surface area contributed by atoms with Crippen LogP contribution in [0.1, 0.15) is 0 Å². The number of nitroso groups, excluding NO2 is 1. The summed E-state index contributed by atoms with van der Waals surface area (Å²) in [5, 5.41) is 10.3. The first-order chi connectivity index (χ1) is 14.2. The molecule has 0 bridgehead atoms. The van der Waals surface area contributed by atoms with Crippen LogP contribution in [-0.4, -0.2) is 11.0 Å². The van der Waals surface area contributed by atoms with Gasteiger partial charge in [0, 0.05) is 23.3 Å². The molecule has 142 valence electrons. The van der Waals surface area contributed by atoms with E-state index in [2.05, 4.69) is 20.8 Å². The van der Waals surface area contributed by atoms with E-state index in [9.17, 15) is 9.70 Å². The number of urea groups is 1. The molecule has 0 unspecified atom stereocenters. The Kier molecular flexibility index (Phi) is 5.11. The van der Waals surface area contributed by atoms with Crippen molar-refractivity contribution < 1.29 is 9.53 Å². The lowest BCUT2D eigenvalue weighted by molar-refractivity contribution is 0.262. The maximum absolute atomic E-state index is 12.2. The summed E-state index contributed by atoms with van der Waals surface area (Å²) in [6, 6.07) is 22.6. The number of hydrogen-bond acceptors (Lipinski definition) is 5. The van der Waals surface area contributed by atoms with E-state index in [4.69, 9.17) is 4.74 Å². The summed E-state index contributed by atoms with van der Waals surface area (Å²) in [4.78, 5) is 27.1.